The summed E-state index contributed by atoms with van der Waals surface area (Å²) in [5.41, 5.74) is 4.42. The van der Waals surface area contributed by atoms with E-state index in [4.69, 9.17) is 4.74 Å². The maximum absolute atomic E-state index is 14.1. The minimum Gasteiger partial charge on any atom is -0.494 e. The summed E-state index contributed by atoms with van der Waals surface area (Å²) in [6.45, 7) is 3.34. The van der Waals surface area contributed by atoms with E-state index in [1.807, 2.05) is 12.1 Å². The minimum absolute atomic E-state index is 0.0308. The summed E-state index contributed by atoms with van der Waals surface area (Å²) < 4.78 is 35.1. The van der Waals surface area contributed by atoms with Crippen molar-refractivity contribution in [1.29, 1.82) is 0 Å². The number of fused-ring (bicyclic) bond motifs is 1. The van der Waals surface area contributed by atoms with Crippen LogP contribution in [0.25, 0.3) is 33.9 Å². The minimum atomic E-state index is -0.957. The second-order valence-corrected chi connectivity index (χ2v) is 7.96. The first-order valence-electron chi connectivity index (χ1n) is 11.1. The Morgan fingerprint density at radius 2 is 1.56 bits per heavy atom. The lowest BCUT2D eigenvalue weighted by Gasteiger charge is -2.09. The smallest absolute Gasteiger partial charge is 0.169 e. The lowest BCUT2D eigenvalue weighted by Crippen LogP contribution is -2.05. The van der Waals surface area contributed by atoms with Crippen molar-refractivity contribution < 1.29 is 13.5 Å². The molecule has 0 aromatic heterocycles. The molecule has 0 aliphatic carbocycles. The Balaban J connectivity index is 1.32. The van der Waals surface area contributed by atoms with Gasteiger partial charge in [0.1, 0.15) is 17.1 Å². The quantitative estimate of drug-likeness (QED) is 0.291. The van der Waals surface area contributed by atoms with Crippen LogP contribution in [-0.4, -0.2) is 26.4 Å². The molecule has 170 valence electrons. The number of hydrogen-bond donors (Lipinski definition) is 0. The number of benzene rings is 3. The Hall–Kier alpha value is -4.13. The van der Waals surface area contributed by atoms with Crippen molar-refractivity contribution in [1.82, 2.24) is 19.7 Å². The maximum Gasteiger partial charge on any atom is 0.169 e. The van der Waals surface area contributed by atoms with E-state index in [-0.39, 0.29) is 11.4 Å². The van der Waals surface area contributed by atoms with Gasteiger partial charge in [0.25, 0.3) is 0 Å². The fourth-order valence-corrected chi connectivity index (χ4v) is 3.70. The molecular weight excluding hydrogens is 434 g/mol. The zero-order valence-electron chi connectivity index (χ0n) is 18.6. The zero-order valence-corrected chi connectivity index (χ0v) is 18.6. The van der Waals surface area contributed by atoms with Gasteiger partial charge in [-0.2, -0.15) is 5.10 Å². The van der Waals surface area contributed by atoms with Gasteiger partial charge in [-0.25, -0.2) is 18.7 Å². The van der Waals surface area contributed by atoms with Crippen molar-refractivity contribution in [3.8, 4) is 39.7 Å². The molecule has 0 radical (unpaired) electrons. The number of rotatable bonds is 7. The van der Waals surface area contributed by atoms with Crippen molar-refractivity contribution in [2.24, 2.45) is 0 Å². The molecular formula is C27H22F2N4O. The molecule has 0 spiro atoms. The van der Waals surface area contributed by atoms with E-state index in [2.05, 4.69) is 58.4 Å². The van der Waals surface area contributed by atoms with Crippen LogP contribution < -0.4 is 4.74 Å². The summed E-state index contributed by atoms with van der Waals surface area (Å²) in [4.78, 5) is 8.68. The zero-order chi connectivity index (χ0) is 23.5. The number of imidazole rings is 1. The van der Waals surface area contributed by atoms with Gasteiger partial charge in [-0.1, -0.05) is 49.4 Å². The third-order valence-electron chi connectivity index (χ3n) is 5.47. The molecule has 0 unspecified atom stereocenters. The van der Waals surface area contributed by atoms with Crippen molar-refractivity contribution in [3.05, 3.63) is 96.3 Å². The van der Waals surface area contributed by atoms with Crippen LogP contribution in [0.1, 0.15) is 18.9 Å². The molecule has 7 heteroatoms. The topological polar surface area (TPSA) is 52.8 Å². The Bertz CT molecular complexity index is 1380. The first-order chi connectivity index (χ1) is 16.6. The van der Waals surface area contributed by atoms with Crippen molar-refractivity contribution >= 4 is 0 Å². The van der Waals surface area contributed by atoms with Crippen LogP contribution in [0.5, 0.6) is 5.75 Å². The normalized spacial score (nSPS) is 11.1. The average molecular weight is 456 g/mol. The molecule has 0 amide bonds. The van der Waals surface area contributed by atoms with Crippen molar-refractivity contribution in [2.45, 2.75) is 19.9 Å². The second-order valence-electron chi connectivity index (χ2n) is 7.96. The average Bonchev–Trinajstić information content (AvgIpc) is 3.28. The molecule has 0 atom stereocenters. The molecule has 2 aliphatic rings. The van der Waals surface area contributed by atoms with E-state index in [1.54, 1.807) is 17.1 Å². The molecule has 0 bridgehead atoms. The molecule has 2 heterocycles. The highest BCUT2D eigenvalue weighted by atomic mass is 19.2. The van der Waals surface area contributed by atoms with Gasteiger partial charge in [-0.15, -0.1) is 0 Å². The van der Waals surface area contributed by atoms with Gasteiger partial charge in [-0.05, 0) is 47.4 Å². The van der Waals surface area contributed by atoms with Gasteiger partial charge >= 0.3 is 0 Å². The van der Waals surface area contributed by atoms with Gasteiger partial charge in [0, 0.05) is 0 Å². The lowest BCUT2D eigenvalue weighted by molar-refractivity contribution is 0.317. The van der Waals surface area contributed by atoms with Crippen LogP contribution >= 0.6 is 0 Å². The van der Waals surface area contributed by atoms with E-state index < -0.39 is 11.6 Å². The van der Waals surface area contributed by atoms with E-state index >= 15 is 0 Å². The van der Waals surface area contributed by atoms with Gasteiger partial charge in [0.2, 0.25) is 0 Å². The summed E-state index contributed by atoms with van der Waals surface area (Å²) in [6, 6.07) is 20.3. The van der Waals surface area contributed by atoms with Crippen molar-refractivity contribution in [3.63, 3.8) is 0 Å². The van der Waals surface area contributed by atoms with Gasteiger partial charge in [-0.3, -0.25) is 4.68 Å². The first-order valence-corrected chi connectivity index (χ1v) is 11.1. The number of ether oxygens (including phenoxy) is 1. The molecule has 3 aromatic carbocycles. The van der Waals surface area contributed by atoms with E-state index in [0.717, 1.165) is 34.9 Å². The van der Waals surface area contributed by atoms with Gasteiger partial charge in [0.15, 0.2) is 17.5 Å². The Morgan fingerprint density at radius 3 is 2.29 bits per heavy atom. The second kappa shape index (κ2) is 9.39. The number of nitrogens with zero attached hydrogens (tertiary/aromatic N) is 4. The fourth-order valence-electron chi connectivity index (χ4n) is 3.70. The highest BCUT2D eigenvalue weighted by Gasteiger charge is 2.18. The summed E-state index contributed by atoms with van der Waals surface area (Å²) >= 11 is 0. The Morgan fingerprint density at radius 1 is 0.853 bits per heavy atom. The molecule has 5 nitrogen and oxygen atoms in total. The molecule has 2 aliphatic heterocycles. The molecule has 5 rings (SSSR count). The van der Waals surface area contributed by atoms with E-state index in [1.165, 1.54) is 12.1 Å². The summed E-state index contributed by atoms with van der Waals surface area (Å²) in [5.74, 6) is -0.869. The maximum atomic E-state index is 14.1. The summed E-state index contributed by atoms with van der Waals surface area (Å²) in [6.07, 6.45) is 4.32. The molecule has 0 saturated heterocycles. The molecule has 0 fully saturated rings. The molecule has 0 saturated carbocycles. The van der Waals surface area contributed by atoms with Crippen LogP contribution in [0.4, 0.5) is 8.78 Å². The van der Waals surface area contributed by atoms with E-state index in [9.17, 15) is 8.78 Å². The predicted molar refractivity (Wildman–Crippen MR) is 127 cm³/mol. The number of aromatic nitrogens is 4. The third-order valence-corrected chi connectivity index (χ3v) is 5.47. The van der Waals surface area contributed by atoms with Crippen LogP contribution in [-0.2, 0) is 6.54 Å². The summed E-state index contributed by atoms with van der Waals surface area (Å²) in [7, 11) is 0. The van der Waals surface area contributed by atoms with Gasteiger partial charge < -0.3 is 4.74 Å². The number of halogens is 2. The molecule has 34 heavy (non-hydrogen) atoms. The summed E-state index contributed by atoms with van der Waals surface area (Å²) in [5, 5.41) is 4.40. The van der Waals surface area contributed by atoms with Crippen LogP contribution in [0.2, 0.25) is 0 Å². The lowest BCUT2D eigenvalue weighted by atomic mass is 10.0. The monoisotopic (exact) mass is 456 g/mol. The van der Waals surface area contributed by atoms with Crippen LogP contribution in [0.15, 0.2) is 79.1 Å². The number of hydrogen-bond acceptors (Lipinski definition) is 4. The molecule has 0 N–H and O–H groups in total. The first kappa shape index (κ1) is 21.7. The largest absolute Gasteiger partial charge is 0.494 e. The van der Waals surface area contributed by atoms with Gasteiger partial charge in [0.05, 0.1) is 31.1 Å². The fraction of sp³-hybridized carbons (Fsp3) is 0.148. The highest BCUT2D eigenvalue weighted by Crippen LogP contribution is 2.27. The third kappa shape index (κ3) is 4.50. The molecule has 3 aromatic rings. The van der Waals surface area contributed by atoms with E-state index in [0.29, 0.717) is 24.5 Å². The van der Waals surface area contributed by atoms with Crippen LogP contribution in [0, 0.1) is 11.6 Å². The van der Waals surface area contributed by atoms with Crippen molar-refractivity contribution in [2.75, 3.05) is 6.61 Å². The highest BCUT2D eigenvalue weighted by molar-refractivity contribution is 5.66. The van der Waals surface area contributed by atoms with Crippen LogP contribution in [0.3, 0.4) is 0 Å². The Labute approximate surface area is 196 Å². The SMILES string of the molecule is CCCOc1ccc(-c2ccc(Cn3cc4nc(-c5cccc(F)c5F)nc-4cn3)cc2)cc1. The predicted octanol–water partition coefficient (Wildman–Crippen LogP) is 6.23. The Kier molecular flexibility index (Phi) is 5.99. The standard InChI is InChI=1S/C27H22F2N4O/c1-2-14-34-21-12-10-20(11-13-21)19-8-6-18(7-9-19)16-33-17-25-24(15-30-33)31-27(32-25)22-4-3-5-23(28)26(22)29/h3-13,15,17H,2,14,16H2,1H3.